The Morgan fingerprint density at radius 3 is 2.50 bits per heavy atom. The number of sulfone groups is 1. The number of aryl methyl sites for hydroxylation is 1. The van der Waals surface area contributed by atoms with Gasteiger partial charge in [-0.1, -0.05) is 24.3 Å². The van der Waals surface area contributed by atoms with E-state index in [1.807, 2.05) is 18.3 Å². The standard InChI is InChI=1S/C18H24N2O2S2/c1-13(2)20-11-16(12-20)18-19-10-17(23-18)15-6-4-14(5-7-15)8-9-24(3,21)22/h4-7,10,13,16H,8-9,11-12H2,1-3H3. The van der Waals surface area contributed by atoms with E-state index in [4.69, 9.17) is 0 Å². The van der Waals surface area contributed by atoms with E-state index in [0.29, 0.717) is 18.4 Å². The van der Waals surface area contributed by atoms with Crippen molar-refractivity contribution in [3.8, 4) is 10.4 Å². The largest absolute Gasteiger partial charge is 0.299 e. The summed E-state index contributed by atoms with van der Waals surface area (Å²) >= 11 is 1.77. The van der Waals surface area contributed by atoms with Crippen LogP contribution in [0.25, 0.3) is 10.4 Å². The number of hydrogen-bond donors (Lipinski definition) is 0. The third-order valence-corrected chi connectivity index (χ3v) is 6.67. The van der Waals surface area contributed by atoms with Gasteiger partial charge in [-0.15, -0.1) is 11.3 Å². The second-order valence-electron chi connectivity index (χ2n) is 6.88. The van der Waals surface area contributed by atoms with Gasteiger partial charge in [0.1, 0.15) is 9.84 Å². The molecular formula is C18H24N2O2S2. The van der Waals surface area contributed by atoms with E-state index in [1.165, 1.54) is 16.1 Å². The van der Waals surface area contributed by atoms with Crippen molar-refractivity contribution in [2.45, 2.75) is 32.2 Å². The summed E-state index contributed by atoms with van der Waals surface area (Å²) in [6, 6.07) is 8.78. The molecule has 2 heterocycles. The molecule has 0 N–H and O–H groups in total. The summed E-state index contributed by atoms with van der Waals surface area (Å²) in [7, 11) is -2.91. The van der Waals surface area contributed by atoms with Crippen molar-refractivity contribution < 1.29 is 8.42 Å². The minimum absolute atomic E-state index is 0.199. The molecule has 1 aromatic heterocycles. The average Bonchev–Trinajstić information content (AvgIpc) is 2.92. The molecule has 0 radical (unpaired) electrons. The van der Waals surface area contributed by atoms with Crippen LogP contribution < -0.4 is 0 Å². The van der Waals surface area contributed by atoms with Gasteiger partial charge in [0.2, 0.25) is 0 Å². The van der Waals surface area contributed by atoms with Gasteiger partial charge in [0, 0.05) is 37.5 Å². The van der Waals surface area contributed by atoms with Crippen LogP contribution in [0, 0.1) is 0 Å². The van der Waals surface area contributed by atoms with Crippen LogP contribution in [0.5, 0.6) is 0 Å². The van der Waals surface area contributed by atoms with Crippen LogP contribution in [0.1, 0.15) is 30.3 Å². The number of thiazole rings is 1. The summed E-state index contributed by atoms with van der Waals surface area (Å²) in [6.45, 7) is 6.67. The van der Waals surface area contributed by atoms with E-state index in [0.717, 1.165) is 24.2 Å². The smallest absolute Gasteiger partial charge is 0.147 e. The highest BCUT2D eigenvalue weighted by Crippen LogP contribution is 2.35. The number of hydrogen-bond acceptors (Lipinski definition) is 5. The molecule has 0 saturated carbocycles. The Bertz CT molecular complexity index is 789. The molecule has 0 aliphatic carbocycles. The zero-order chi connectivity index (χ0) is 17.3. The molecule has 0 bridgehead atoms. The summed E-state index contributed by atoms with van der Waals surface area (Å²) < 4.78 is 22.5. The first-order chi connectivity index (χ1) is 11.3. The van der Waals surface area contributed by atoms with Crippen molar-refractivity contribution in [3.63, 3.8) is 0 Å². The van der Waals surface area contributed by atoms with Crippen molar-refractivity contribution in [1.82, 2.24) is 9.88 Å². The van der Waals surface area contributed by atoms with Gasteiger partial charge in [-0.25, -0.2) is 13.4 Å². The molecule has 24 heavy (non-hydrogen) atoms. The van der Waals surface area contributed by atoms with Gasteiger partial charge in [0.05, 0.1) is 15.6 Å². The highest BCUT2D eigenvalue weighted by Gasteiger charge is 2.31. The maximum Gasteiger partial charge on any atom is 0.147 e. The van der Waals surface area contributed by atoms with Crippen molar-refractivity contribution >= 4 is 21.2 Å². The van der Waals surface area contributed by atoms with Crippen LogP contribution in [-0.2, 0) is 16.3 Å². The Labute approximate surface area is 148 Å². The lowest BCUT2D eigenvalue weighted by atomic mass is 9.99. The molecule has 130 valence electrons. The zero-order valence-electron chi connectivity index (χ0n) is 14.4. The van der Waals surface area contributed by atoms with Crippen molar-refractivity contribution in [2.75, 3.05) is 25.1 Å². The van der Waals surface area contributed by atoms with Crippen LogP contribution >= 0.6 is 11.3 Å². The first-order valence-corrected chi connectivity index (χ1v) is 11.2. The summed E-state index contributed by atoms with van der Waals surface area (Å²) in [5, 5.41) is 1.23. The fraction of sp³-hybridized carbons (Fsp3) is 0.500. The van der Waals surface area contributed by atoms with Gasteiger partial charge < -0.3 is 0 Å². The predicted molar refractivity (Wildman–Crippen MR) is 100 cm³/mol. The van der Waals surface area contributed by atoms with E-state index >= 15 is 0 Å². The Morgan fingerprint density at radius 1 is 1.25 bits per heavy atom. The molecule has 1 aliphatic rings. The van der Waals surface area contributed by atoms with Crippen molar-refractivity contribution in [1.29, 1.82) is 0 Å². The lowest BCUT2D eigenvalue weighted by Crippen LogP contribution is -2.48. The first-order valence-electron chi connectivity index (χ1n) is 8.28. The highest BCUT2D eigenvalue weighted by molar-refractivity contribution is 7.90. The van der Waals surface area contributed by atoms with Gasteiger partial charge >= 0.3 is 0 Å². The molecule has 3 rings (SSSR count). The molecule has 0 amide bonds. The molecular weight excluding hydrogens is 340 g/mol. The predicted octanol–water partition coefficient (Wildman–Crippen LogP) is 3.20. The molecule has 2 aromatic rings. The monoisotopic (exact) mass is 364 g/mol. The zero-order valence-corrected chi connectivity index (χ0v) is 16.0. The van der Waals surface area contributed by atoms with Gasteiger partial charge in [0.25, 0.3) is 0 Å². The maximum absolute atomic E-state index is 11.2. The van der Waals surface area contributed by atoms with Crippen LogP contribution in [0.4, 0.5) is 0 Å². The summed E-state index contributed by atoms with van der Waals surface area (Å²) in [4.78, 5) is 8.26. The number of benzene rings is 1. The molecule has 1 aliphatic heterocycles. The molecule has 4 nitrogen and oxygen atoms in total. The Hall–Kier alpha value is -1.24. The van der Waals surface area contributed by atoms with Crippen LogP contribution in [0.15, 0.2) is 30.5 Å². The number of nitrogens with zero attached hydrogens (tertiary/aromatic N) is 2. The average molecular weight is 365 g/mol. The summed E-state index contributed by atoms with van der Waals surface area (Å²) in [5.74, 6) is 0.769. The molecule has 1 fully saturated rings. The molecule has 1 aromatic carbocycles. The minimum atomic E-state index is -2.91. The van der Waals surface area contributed by atoms with E-state index in [9.17, 15) is 8.42 Å². The number of rotatable bonds is 6. The number of aromatic nitrogens is 1. The molecule has 0 atom stereocenters. The van der Waals surface area contributed by atoms with E-state index in [-0.39, 0.29) is 5.75 Å². The SMILES string of the molecule is CC(C)N1CC(c2ncc(-c3ccc(CCS(C)(=O)=O)cc3)s2)C1. The van der Waals surface area contributed by atoms with E-state index in [1.54, 1.807) is 11.3 Å². The fourth-order valence-electron chi connectivity index (χ4n) is 2.84. The molecule has 1 saturated heterocycles. The second kappa shape index (κ2) is 6.94. The van der Waals surface area contributed by atoms with Gasteiger partial charge in [-0.2, -0.15) is 0 Å². The quantitative estimate of drug-likeness (QED) is 0.790. The lowest BCUT2D eigenvalue weighted by Gasteiger charge is -2.41. The number of likely N-dealkylation sites (tertiary alicyclic amines) is 1. The molecule has 0 spiro atoms. The molecule has 6 heteroatoms. The fourth-order valence-corrected chi connectivity index (χ4v) is 4.45. The summed E-state index contributed by atoms with van der Waals surface area (Å²) in [6.07, 6.45) is 3.81. The Balaban J connectivity index is 1.63. The van der Waals surface area contributed by atoms with Gasteiger partial charge in [-0.05, 0) is 31.4 Å². The third-order valence-electron chi connectivity index (χ3n) is 4.51. The van der Waals surface area contributed by atoms with Crippen molar-refractivity contribution in [2.24, 2.45) is 0 Å². The van der Waals surface area contributed by atoms with Gasteiger partial charge in [0.15, 0.2) is 0 Å². The normalized spacial score (nSPS) is 16.5. The highest BCUT2D eigenvalue weighted by atomic mass is 32.2. The van der Waals surface area contributed by atoms with Crippen LogP contribution in [0.3, 0.4) is 0 Å². The van der Waals surface area contributed by atoms with Crippen molar-refractivity contribution in [3.05, 3.63) is 41.0 Å². The van der Waals surface area contributed by atoms with Crippen LogP contribution in [0.2, 0.25) is 0 Å². The first kappa shape index (κ1) is 17.6. The third kappa shape index (κ3) is 4.23. The van der Waals surface area contributed by atoms with E-state index < -0.39 is 9.84 Å². The lowest BCUT2D eigenvalue weighted by molar-refractivity contribution is 0.110. The molecule has 0 unspecified atom stereocenters. The van der Waals surface area contributed by atoms with Crippen LogP contribution in [-0.4, -0.2) is 49.4 Å². The minimum Gasteiger partial charge on any atom is -0.299 e. The Kier molecular flexibility index (Phi) is 5.08. The topological polar surface area (TPSA) is 50.3 Å². The second-order valence-corrected chi connectivity index (χ2v) is 10.2. The van der Waals surface area contributed by atoms with Gasteiger partial charge in [-0.3, -0.25) is 4.90 Å². The Morgan fingerprint density at radius 2 is 1.92 bits per heavy atom. The summed E-state index contributed by atoms with van der Waals surface area (Å²) in [5.41, 5.74) is 2.21. The van der Waals surface area contributed by atoms with E-state index in [2.05, 4.69) is 35.9 Å². The maximum atomic E-state index is 11.2.